The van der Waals surface area contributed by atoms with Crippen LogP contribution in [0.2, 0.25) is 0 Å². The van der Waals surface area contributed by atoms with E-state index in [0.29, 0.717) is 23.3 Å². The summed E-state index contributed by atoms with van der Waals surface area (Å²) in [6.45, 7) is 10.5. The third kappa shape index (κ3) is 4.76. The zero-order valence-electron chi connectivity index (χ0n) is 17.4. The van der Waals surface area contributed by atoms with Gasteiger partial charge in [0.05, 0.1) is 0 Å². The van der Waals surface area contributed by atoms with Crippen molar-refractivity contribution >= 4 is 5.97 Å². The van der Waals surface area contributed by atoms with Crippen LogP contribution in [0.5, 0.6) is 11.5 Å². The number of phenols is 1. The minimum Gasteiger partial charge on any atom is -0.507 e. The Morgan fingerprint density at radius 1 is 1.39 bits per heavy atom. The number of allylic oxidation sites excluding steroid dienone is 3. The second-order valence-electron chi connectivity index (χ2n) is 7.81. The summed E-state index contributed by atoms with van der Waals surface area (Å²) in [4.78, 5) is 12.0. The number of carboxylic acid groups (broad SMARTS) is 1. The lowest BCUT2D eigenvalue weighted by molar-refractivity contribution is -0.413. The molecule has 1 aliphatic rings. The molecule has 0 spiro atoms. The number of hydrogen-bond acceptors (Lipinski definition) is 3. The van der Waals surface area contributed by atoms with E-state index < -0.39 is 5.97 Å². The van der Waals surface area contributed by atoms with E-state index in [2.05, 4.69) is 32.2 Å². The van der Waals surface area contributed by atoms with Gasteiger partial charge in [-0.3, -0.25) is 0 Å². The molecule has 2 unspecified atom stereocenters. The molecule has 0 saturated carbocycles. The van der Waals surface area contributed by atoms with E-state index in [1.807, 2.05) is 6.92 Å². The minimum absolute atomic E-state index is 0.000364. The number of quaternary nitrogens is 1. The van der Waals surface area contributed by atoms with Gasteiger partial charge in [0.15, 0.2) is 0 Å². The van der Waals surface area contributed by atoms with E-state index in [9.17, 15) is 15.0 Å². The maximum absolute atomic E-state index is 12.0. The third-order valence-electron chi connectivity index (χ3n) is 5.62. The van der Waals surface area contributed by atoms with Gasteiger partial charge in [0.2, 0.25) is 6.73 Å². The molecule has 1 aliphatic carbocycles. The number of hydrogen-bond donors (Lipinski definition) is 3. The van der Waals surface area contributed by atoms with Crippen LogP contribution in [0, 0.1) is 5.92 Å². The molecule has 0 saturated heterocycles. The molecule has 5 nitrogen and oxygen atoms in total. The highest BCUT2D eigenvalue weighted by Gasteiger charge is 2.33. The molecule has 28 heavy (non-hydrogen) atoms. The van der Waals surface area contributed by atoms with Crippen molar-refractivity contribution in [1.82, 2.24) is 0 Å². The molecule has 0 heterocycles. The van der Waals surface area contributed by atoms with Gasteiger partial charge in [-0.05, 0) is 57.1 Å². The summed E-state index contributed by atoms with van der Waals surface area (Å²) in [7, 11) is 0. The summed E-state index contributed by atoms with van der Waals surface area (Å²) in [6.07, 6.45) is 7.54. The summed E-state index contributed by atoms with van der Waals surface area (Å²) < 4.78 is 5.79. The predicted octanol–water partition coefficient (Wildman–Crippen LogP) is 4.42. The standard InChI is InChI=1S/C23H33NO4/c1-5-6-7-8-16-12-19(28-13-24)21(22(25)20(16)23(26)27)18-11-15(4)9-10-17(18)14(2)3/h11-12,17-18,25H,2,5-10,13,24H2,1,3-4H3,(H,26,27)/p+1. The average molecular weight is 389 g/mol. The van der Waals surface area contributed by atoms with Crippen molar-refractivity contribution in [1.29, 1.82) is 0 Å². The lowest BCUT2D eigenvalue weighted by atomic mass is 9.73. The minimum atomic E-state index is -1.10. The van der Waals surface area contributed by atoms with Gasteiger partial charge >= 0.3 is 5.97 Å². The lowest BCUT2D eigenvalue weighted by Gasteiger charge is -2.32. The highest BCUT2D eigenvalue weighted by atomic mass is 16.5. The molecule has 5 heteroatoms. The fraction of sp³-hybridized carbons (Fsp3) is 0.522. The fourth-order valence-corrected chi connectivity index (χ4v) is 4.17. The van der Waals surface area contributed by atoms with Gasteiger partial charge in [0, 0.05) is 11.5 Å². The summed E-state index contributed by atoms with van der Waals surface area (Å²) in [5, 5.41) is 20.9. The number of aryl methyl sites for hydroxylation is 1. The molecule has 1 aromatic carbocycles. The zero-order chi connectivity index (χ0) is 20.8. The van der Waals surface area contributed by atoms with E-state index in [-0.39, 0.29) is 29.9 Å². The number of benzene rings is 1. The van der Waals surface area contributed by atoms with Gasteiger partial charge in [-0.1, -0.05) is 43.6 Å². The maximum atomic E-state index is 12.0. The van der Waals surface area contributed by atoms with Crippen molar-refractivity contribution in [2.75, 3.05) is 6.73 Å². The van der Waals surface area contributed by atoms with Crippen molar-refractivity contribution in [3.05, 3.63) is 46.6 Å². The molecule has 154 valence electrons. The number of aromatic hydroxyl groups is 1. The maximum Gasteiger partial charge on any atom is 0.339 e. The highest BCUT2D eigenvalue weighted by Crippen LogP contribution is 2.48. The molecule has 0 aliphatic heterocycles. The topological polar surface area (TPSA) is 94.4 Å². The first-order chi connectivity index (χ1) is 13.3. The second-order valence-corrected chi connectivity index (χ2v) is 7.81. The number of carboxylic acids is 1. The lowest BCUT2D eigenvalue weighted by Crippen LogP contribution is -2.53. The number of rotatable bonds is 9. The second kappa shape index (κ2) is 9.78. The summed E-state index contributed by atoms with van der Waals surface area (Å²) in [6, 6.07) is 1.80. The Kier molecular flexibility index (Phi) is 7.69. The van der Waals surface area contributed by atoms with Crippen LogP contribution in [0.1, 0.15) is 80.3 Å². The van der Waals surface area contributed by atoms with Gasteiger partial charge in [0.1, 0.15) is 17.1 Å². The van der Waals surface area contributed by atoms with Crippen LogP contribution in [0.3, 0.4) is 0 Å². The molecule has 0 bridgehead atoms. The average Bonchev–Trinajstić information content (AvgIpc) is 2.61. The molecule has 5 N–H and O–H groups in total. The Labute approximate surface area is 167 Å². The van der Waals surface area contributed by atoms with E-state index in [1.165, 1.54) is 5.57 Å². The van der Waals surface area contributed by atoms with Crippen LogP contribution in [0.4, 0.5) is 0 Å². The number of carbonyl (C=O) groups is 1. The Bertz CT molecular complexity index is 766. The number of aromatic carboxylic acids is 1. The Hall–Kier alpha value is -2.27. The van der Waals surface area contributed by atoms with Crippen molar-refractivity contribution in [2.24, 2.45) is 5.92 Å². The van der Waals surface area contributed by atoms with Crippen molar-refractivity contribution in [3.63, 3.8) is 0 Å². The first-order valence-corrected chi connectivity index (χ1v) is 10.2. The van der Waals surface area contributed by atoms with Crippen molar-refractivity contribution < 1.29 is 25.5 Å². The molecular weight excluding hydrogens is 354 g/mol. The highest BCUT2D eigenvalue weighted by molar-refractivity contribution is 5.94. The molecule has 1 aromatic rings. The van der Waals surface area contributed by atoms with E-state index in [0.717, 1.165) is 37.7 Å². The van der Waals surface area contributed by atoms with Crippen LogP contribution in [-0.2, 0) is 6.42 Å². The van der Waals surface area contributed by atoms with E-state index >= 15 is 0 Å². The quantitative estimate of drug-likeness (QED) is 0.332. The molecule has 0 amide bonds. The predicted molar refractivity (Wildman–Crippen MR) is 111 cm³/mol. The van der Waals surface area contributed by atoms with Gasteiger partial charge < -0.3 is 20.7 Å². The molecule has 0 aromatic heterocycles. The van der Waals surface area contributed by atoms with Gasteiger partial charge in [-0.15, -0.1) is 0 Å². The SMILES string of the molecule is C=C(C)C1CCC(C)=CC1c1c(OC[NH3+])cc(CCCCC)c(C(=O)O)c1O. The monoisotopic (exact) mass is 388 g/mol. The van der Waals surface area contributed by atoms with E-state index in [4.69, 9.17) is 4.74 Å². The molecule has 0 radical (unpaired) electrons. The summed E-state index contributed by atoms with van der Waals surface area (Å²) >= 11 is 0. The number of ether oxygens (including phenoxy) is 1. The molecule has 2 atom stereocenters. The summed E-state index contributed by atoms with van der Waals surface area (Å²) in [5.74, 6) is -0.766. The van der Waals surface area contributed by atoms with Crippen molar-refractivity contribution in [3.8, 4) is 11.5 Å². The van der Waals surface area contributed by atoms with Crippen molar-refractivity contribution in [2.45, 2.75) is 65.2 Å². The van der Waals surface area contributed by atoms with Crippen LogP contribution in [0.25, 0.3) is 0 Å². The largest absolute Gasteiger partial charge is 0.507 e. The van der Waals surface area contributed by atoms with E-state index in [1.54, 1.807) is 6.07 Å². The zero-order valence-corrected chi connectivity index (χ0v) is 17.4. The fourth-order valence-electron chi connectivity index (χ4n) is 4.17. The summed E-state index contributed by atoms with van der Waals surface area (Å²) in [5.41, 5.74) is 7.20. The van der Waals surface area contributed by atoms with Gasteiger partial charge in [-0.2, -0.15) is 0 Å². The number of unbranched alkanes of at least 4 members (excludes halogenated alkanes) is 2. The smallest absolute Gasteiger partial charge is 0.339 e. The first kappa shape index (κ1) is 22.0. The molecular formula is C23H34NO4+. The van der Waals surface area contributed by atoms with Crippen LogP contribution < -0.4 is 10.5 Å². The molecule has 0 fully saturated rings. The Morgan fingerprint density at radius 3 is 2.68 bits per heavy atom. The third-order valence-corrected chi connectivity index (χ3v) is 5.62. The Balaban J connectivity index is 2.67. The van der Waals surface area contributed by atoms with Gasteiger partial charge in [-0.25, -0.2) is 4.79 Å². The van der Waals surface area contributed by atoms with Crippen LogP contribution >= 0.6 is 0 Å². The van der Waals surface area contributed by atoms with Gasteiger partial charge in [0.25, 0.3) is 0 Å². The van der Waals surface area contributed by atoms with Crippen LogP contribution in [-0.4, -0.2) is 22.9 Å². The normalized spacial score (nSPS) is 19.2. The molecule has 2 rings (SSSR count). The first-order valence-electron chi connectivity index (χ1n) is 10.2. The van der Waals surface area contributed by atoms with Crippen LogP contribution in [0.15, 0.2) is 29.9 Å². The Morgan fingerprint density at radius 2 is 2.11 bits per heavy atom.